The number of rotatable bonds is 2. The summed E-state index contributed by atoms with van der Waals surface area (Å²) >= 11 is -1.15. The van der Waals surface area contributed by atoms with E-state index >= 15 is 0 Å². The molecule has 0 heterocycles. The van der Waals surface area contributed by atoms with Crippen molar-refractivity contribution in [3.63, 3.8) is 0 Å². The van der Waals surface area contributed by atoms with Crippen LogP contribution in [0.2, 0.25) is 0 Å². The quantitative estimate of drug-likeness (QED) is 0.772. The Bertz CT molecular complexity index is 300. The first-order valence-corrected chi connectivity index (χ1v) is 6.89. The Kier molecular flexibility index (Phi) is 17.5. The zero-order chi connectivity index (χ0) is 12.6. The van der Waals surface area contributed by atoms with Gasteiger partial charge in [-0.15, -0.1) is 24.8 Å². The molecule has 1 aromatic rings. The van der Waals surface area contributed by atoms with Crippen molar-refractivity contribution in [2.24, 2.45) is 0 Å². The van der Waals surface area contributed by atoms with E-state index in [1.54, 1.807) is 12.1 Å². The number of halogens is 3. The molecule has 0 radical (unpaired) electrons. The predicted molar refractivity (Wildman–Crippen MR) is 78.8 cm³/mol. The van der Waals surface area contributed by atoms with Gasteiger partial charge < -0.3 is 5.11 Å². The third kappa shape index (κ3) is 11.2. The van der Waals surface area contributed by atoms with Gasteiger partial charge in [0.25, 0.3) is 0 Å². The van der Waals surface area contributed by atoms with Crippen LogP contribution >= 0.6 is 24.8 Å². The Hall–Kier alpha value is 0.114. The molecule has 1 aromatic carbocycles. The summed E-state index contributed by atoms with van der Waals surface area (Å²) in [7, 11) is 0. The van der Waals surface area contributed by atoms with Crippen LogP contribution in [-0.2, 0) is 19.2 Å². The van der Waals surface area contributed by atoms with Gasteiger partial charge in [0.1, 0.15) is 5.75 Å². The van der Waals surface area contributed by atoms with E-state index in [1.807, 2.05) is 33.8 Å². The van der Waals surface area contributed by atoms with Crippen molar-refractivity contribution in [2.45, 2.75) is 40.5 Å². The van der Waals surface area contributed by atoms with Gasteiger partial charge in [-0.2, -0.15) is 0 Å². The Morgan fingerprint density at radius 2 is 1.44 bits per heavy atom. The molecule has 0 bridgehead atoms. The van der Waals surface area contributed by atoms with Crippen LogP contribution in [0.5, 0.6) is 5.75 Å². The molecule has 0 saturated heterocycles. The summed E-state index contributed by atoms with van der Waals surface area (Å²) in [4.78, 5) is 0. The molecule has 5 heteroatoms. The maximum atomic E-state index is 11.7. The summed E-state index contributed by atoms with van der Waals surface area (Å²) in [5.74, 6) is 0.354. The third-order valence-corrected chi connectivity index (χ3v) is 3.72. The van der Waals surface area contributed by atoms with Gasteiger partial charge in [0, 0.05) is 0 Å². The van der Waals surface area contributed by atoms with Gasteiger partial charge in [0.2, 0.25) is 0 Å². The minimum Gasteiger partial charge on any atom is -0.508 e. The van der Waals surface area contributed by atoms with E-state index in [0.717, 1.165) is 27.8 Å². The van der Waals surface area contributed by atoms with Gasteiger partial charge in [-0.05, 0) is 37.1 Å². The van der Waals surface area contributed by atoms with E-state index in [0.29, 0.717) is 5.75 Å². The van der Waals surface area contributed by atoms with E-state index in [4.69, 9.17) is 5.11 Å². The third-order valence-electron chi connectivity index (χ3n) is 2.19. The number of phenolic OH excluding ortho intramolecular Hbond substituents is 1. The summed E-state index contributed by atoms with van der Waals surface area (Å²) in [5.41, 5.74) is 2.21. The van der Waals surface area contributed by atoms with Gasteiger partial charge >= 0.3 is 52.8 Å². The largest absolute Gasteiger partial charge is 0.508 e. The van der Waals surface area contributed by atoms with Gasteiger partial charge in [-0.25, -0.2) is 0 Å². The number of hydrogen-bond donors (Lipinski definition) is 1. The van der Waals surface area contributed by atoms with Crippen LogP contribution in [0.4, 0.5) is 3.09 Å². The van der Waals surface area contributed by atoms with Crippen molar-refractivity contribution in [3.8, 4) is 5.75 Å². The number of phenols is 1. The summed E-state index contributed by atoms with van der Waals surface area (Å²) in [6, 6.07) is 5.51. The molecule has 105 valence electrons. The SMILES string of the molecule is CC[C](CC)=[Ti][F].Cc1cc(C)cc(O)c1.Cl.Cl. The van der Waals surface area contributed by atoms with Crippen LogP contribution in [0.3, 0.4) is 0 Å². The van der Waals surface area contributed by atoms with Crippen LogP contribution in [-0.4, -0.2) is 8.92 Å². The van der Waals surface area contributed by atoms with Crippen molar-refractivity contribution in [1.82, 2.24) is 0 Å². The minimum atomic E-state index is -1.15. The molecule has 0 unspecified atom stereocenters. The van der Waals surface area contributed by atoms with Crippen LogP contribution in [0.1, 0.15) is 37.8 Å². The van der Waals surface area contributed by atoms with Crippen molar-refractivity contribution >= 4 is 28.6 Å². The Labute approximate surface area is 131 Å². The van der Waals surface area contributed by atoms with E-state index in [9.17, 15) is 3.09 Å². The average molecular weight is 332 g/mol. The first-order valence-electron chi connectivity index (χ1n) is 5.52. The molecule has 18 heavy (non-hydrogen) atoms. The van der Waals surface area contributed by atoms with Gasteiger partial charge in [-0.1, -0.05) is 6.07 Å². The van der Waals surface area contributed by atoms with Crippen LogP contribution < -0.4 is 0 Å². The van der Waals surface area contributed by atoms with Gasteiger partial charge in [-0.3, -0.25) is 0 Å². The molecule has 1 rings (SSSR count). The Morgan fingerprint density at radius 1 is 1.06 bits per heavy atom. The fourth-order valence-electron chi connectivity index (χ4n) is 1.33. The molecule has 0 saturated carbocycles. The second-order valence-electron chi connectivity index (χ2n) is 3.75. The van der Waals surface area contributed by atoms with Crippen LogP contribution in [0.15, 0.2) is 18.2 Å². The van der Waals surface area contributed by atoms with Gasteiger partial charge in [0.05, 0.1) is 0 Å². The molecule has 0 fully saturated rings. The molecule has 0 aliphatic rings. The molecule has 0 aromatic heterocycles. The van der Waals surface area contributed by atoms with Gasteiger partial charge in [0.15, 0.2) is 0 Å². The first kappa shape index (κ1) is 23.2. The molecule has 1 nitrogen and oxygen atoms in total. The second kappa shape index (κ2) is 13.5. The average Bonchev–Trinajstić information content (AvgIpc) is 2.19. The number of aryl methyl sites for hydroxylation is 2. The topological polar surface area (TPSA) is 20.2 Å². The maximum Gasteiger partial charge on any atom is 0.116 e. The normalized spacial score (nSPS) is 7.83. The zero-order valence-corrected chi connectivity index (χ0v) is 14.5. The fourth-order valence-corrected chi connectivity index (χ4v) is 1.75. The summed E-state index contributed by atoms with van der Waals surface area (Å²) in [6.07, 6.45) is 1.90. The second-order valence-corrected chi connectivity index (χ2v) is 5.15. The summed E-state index contributed by atoms with van der Waals surface area (Å²) < 4.78 is 12.9. The number of aromatic hydroxyl groups is 1. The first-order chi connectivity index (χ1) is 7.53. The molecule has 1 N–H and O–H groups in total. The van der Waals surface area contributed by atoms with Crippen molar-refractivity contribution in [2.75, 3.05) is 0 Å². The van der Waals surface area contributed by atoms with Crippen LogP contribution in [0, 0.1) is 13.8 Å². The van der Waals surface area contributed by atoms with E-state index < -0.39 is 19.2 Å². The zero-order valence-electron chi connectivity index (χ0n) is 11.3. The molecule has 0 atom stereocenters. The standard InChI is InChI=1S/C8H10O.C5H10.2ClH.FH.Ti/c1-6-3-7(2)5-8(9)4-6;1-3-5-4-2;;;;/h3-5,9H,1-2H3;3-4H2,1-2H3;3*1H;/q;;;;;+1/p-1. The number of hydrogen-bond acceptors (Lipinski definition) is 1. The summed E-state index contributed by atoms with van der Waals surface area (Å²) in [6.45, 7) is 7.96. The number of benzene rings is 1. The van der Waals surface area contributed by atoms with E-state index in [2.05, 4.69) is 0 Å². The maximum absolute atomic E-state index is 11.7. The summed E-state index contributed by atoms with van der Waals surface area (Å²) in [5, 5.41) is 8.99. The van der Waals surface area contributed by atoms with E-state index in [1.165, 1.54) is 0 Å². The molecule has 0 amide bonds. The molecule has 0 aliphatic carbocycles. The fraction of sp³-hybridized carbons (Fsp3) is 0.462. The molecular formula is C13H22Cl2FOTi. The Balaban J connectivity index is -0.000000232. The molecule has 0 aliphatic heterocycles. The van der Waals surface area contributed by atoms with Crippen LogP contribution in [0.25, 0.3) is 0 Å². The minimum absolute atomic E-state index is 0. The monoisotopic (exact) mass is 331 g/mol. The predicted octanol–water partition coefficient (Wildman–Crippen LogP) is 4.80. The van der Waals surface area contributed by atoms with Crippen molar-refractivity contribution in [1.29, 1.82) is 0 Å². The van der Waals surface area contributed by atoms with Crippen molar-refractivity contribution in [3.05, 3.63) is 29.3 Å². The molecular weight excluding hydrogens is 310 g/mol. The molecule has 0 spiro atoms. The Morgan fingerprint density at radius 3 is 1.61 bits per heavy atom. The van der Waals surface area contributed by atoms with Crippen molar-refractivity contribution < 1.29 is 27.4 Å². The smallest absolute Gasteiger partial charge is 0.116 e. The van der Waals surface area contributed by atoms with E-state index in [-0.39, 0.29) is 24.8 Å².